The van der Waals surface area contributed by atoms with Crippen molar-refractivity contribution in [1.82, 2.24) is 25.6 Å². The first-order chi connectivity index (χ1) is 17.5. The highest BCUT2D eigenvalue weighted by molar-refractivity contribution is 7.80. The van der Waals surface area contributed by atoms with E-state index in [1.54, 1.807) is 30.8 Å². The number of H-pyrrole nitrogens is 1. The molecule has 186 valence electrons. The highest BCUT2D eigenvalue weighted by atomic mass is 32.1. The molecule has 0 aliphatic carbocycles. The van der Waals surface area contributed by atoms with Crippen LogP contribution in [0, 0.1) is 11.2 Å². The van der Waals surface area contributed by atoms with Crippen molar-refractivity contribution in [3.63, 3.8) is 0 Å². The number of halogens is 1. The summed E-state index contributed by atoms with van der Waals surface area (Å²) in [6.45, 7) is 4.05. The van der Waals surface area contributed by atoms with Crippen molar-refractivity contribution in [2.45, 2.75) is 19.8 Å². The number of benzene rings is 1. The molecule has 1 aliphatic heterocycles. The van der Waals surface area contributed by atoms with Crippen LogP contribution in [-0.4, -0.2) is 39.8 Å². The number of ether oxygens (including phenoxy) is 2. The number of furan rings is 1. The molecule has 0 radical (unpaired) electrons. The average Bonchev–Trinajstić information content (AvgIpc) is 3.58. The van der Waals surface area contributed by atoms with E-state index in [1.165, 1.54) is 12.1 Å². The third-order valence-electron chi connectivity index (χ3n) is 5.88. The van der Waals surface area contributed by atoms with Crippen LogP contribution < -0.4 is 10.6 Å². The number of pyridine rings is 1. The zero-order chi connectivity index (χ0) is 25.0. The molecule has 0 bridgehead atoms. The van der Waals surface area contributed by atoms with Crippen molar-refractivity contribution in [2.24, 2.45) is 5.41 Å². The lowest BCUT2D eigenvalue weighted by Crippen LogP contribution is -2.47. The number of thiocarbonyl (C=S) groups is 1. The smallest absolute Gasteiger partial charge is 0.217 e. The number of hydrogen-bond acceptors (Lipinski definition) is 6. The molecule has 10 heteroatoms. The number of nitrogens with one attached hydrogen (secondary N) is 3. The van der Waals surface area contributed by atoms with E-state index >= 15 is 0 Å². The van der Waals surface area contributed by atoms with Gasteiger partial charge in [-0.15, -0.1) is 0 Å². The van der Waals surface area contributed by atoms with Crippen LogP contribution in [0.2, 0.25) is 0 Å². The van der Waals surface area contributed by atoms with Gasteiger partial charge in [0, 0.05) is 35.5 Å². The van der Waals surface area contributed by atoms with Crippen molar-refractivity contribution in [3.05, 3.63) is 84.6 Å². The Hall–Kier alpha value is -3.60. The number of aromatic nitrogens is 3. The van der Waals surface area contributed by atoms with Gasteiger partial charge in [-0.25, -0.2) is 9.37 Å². The van der Waals surface area contributed by atoms with Gasteiger partial charge >= 0.3 is 0 Å². The van der Waals surface area contributed by atoms with E-state index in [-0.39, 0.29) is 11.2 Å². The molecule has 1 aliphatic rings. The number of aromatic amines is 1. The third kappa shape index (κ3) is 5.62. The molecule has 0 spiro atoms. The van der Waals surface area contributed by atoms with Crippen molar-refractivity contribution < 1.29 is 18.3 Å². The summed E-state index contributed by atoms with van der Waals surface area (Å²) in [5.41, 5.74) is 2.88. The molecule has 36 heavy (non-hydrogen) atoms. The van der Waals surface area contributed by atoms with Crippen molar-refractivity contribution in [3.8, 4) is 22.5 Å². The van der Waals surface area contributed by atoms with Gasteiger partial charge in [-0.05, 0) is 60.7 Å². The van der Waals surface area contributed by atoms with Crippen LogP contribution in [0.1, 0.15) is 24.8 Å². The van der Waals surface area contributed by atoms with Gasteiger partial charge in [0.2, 0.25) is 6.29 Å². The van der Waals surface area contributed by atoms with E-state index in [1.807, 2.05) is 24.3 Å². The van der Waals surface area contributed by atoms with Crippen LogP contribution in [-0.2, 0) is 16.0 Å². The van der Waals surface area contributed by atoms with Crippen LogP contribution >= 0.6 is 12.2 Å². The van der Waals surface area contributed by atoms with Gasteiger partial charge in [0.25, 0.3) is 0 Å². The minimum atomic E-state index is -0.656. The van der Waals surface area contributed by atoms with E-state index in [2.05, 4.69) is 27.5 Å². The Morgan fingerprint density at radius 2 is 1.83 bits per heavy atom. The van der Waals surface area contributed by atoms with Gasteiger partial charge < -0.3 is 29.5 Å². The molecular formula is C26H26FN5O3S. The first kappa shape index (κ1) is 24.1. The normalized spacial score (nSPS) is 19.7. The number of imidazole rings is 1. The van der Waals surface area contributed by atoms with Gasteiger partial charge in [0.05, 0.1) is 37.4 Å². The second-order valence-corrected chi connectivity index (χ2v) is 9.38. The Morgan fingerprint density at radius 1 is 1.08 bits per heavy atom. The SMILES string of the molecule is CC1(CNC(=S)NCc2ccco2)COC(c2nc(-c3ccc(F)cc3)c(-c3ccncc3)[nH]2)OC1. The number of hydrogen-bond donors (Lipinski definition) is 3. The first-order valence-electron chi connectivity index (χ1n) is 11.5. The summed E-state index contributed by atoms with van der Waals surface area (Å²) in [4.78, 5) is 12.2. The molecule has 1 aromatic carbocycles. The van der Waals surface area contributed by atoms with Gasteiger partial charge in [-0.1, -0.05) is 6.92 Å². The molecule has 4 aromatic rings. The molecule has 0 saturated carbocycles. The number of nitrogens with zero attached hydrogens (tertiary/aromatic N) is 2. The first-order valence-corrected chi connectivity index (χ1v) is 11.9. The molecule has 0 unspecified atom stereocenters. The third-order valence-corrected chi connectivity index (χ3v) is 6.17. The summed E-state index contributed by atoms with van der Waals surface area (Å²) < 4.78 is 31.0. The highest BCUT2D eigenvalue weighted by Gasteiger charge is 2.35. The lowest BCUT2D eigenvalue weighted by atomic mass is 9.92. The van der Waals surface area contributed by atoms with Gasteiger partial charge in [0.15, 0.2) is 10.9 Å². The highest BCUT2D eigenvalue weighted by Crippen LogP contribution is 2.35. The van der Waals surface area contributed by atoms with Crippen LogP contribution in [0.15, 0.2) is 71.6 Å². The minimum absolute atomic E-state index is 0.284. The van der Waals surface area contributed by atoms with Crippen LogP contribution in [0.5, 0.6) is 0 Å². The largest absolute Gasteiger partial charge is 0.467 e. The standard InChI is InChI=1S/C26H26FN5O3S/c1-26(14-30-25(36)29-13-20-3-2-12-33-20)15-34-24(35-16-26)23-31-21(17-4-6-19(27)7-5-17)22(32-23)18-8-10-28-11-9-18/h2-12,24H,13-16H2,1H3,(H,31,32)(H2,29,30,36). The summed E-state index contributed by atoms with van der Waals surface area (Å²) in [6, 6.07) is 13.7. The zero-order valence-electron chi connectivity index (χ0n) is 19.7. The van der Waals surface area contributed by atoms with Crippen LogP contribution in [0.4, 0.5) is 4.39 Å². The molecular weight excluding hydrogens is 481 g/mol. The Kier molecular flexibility index (Phi) is 7.08. The van der Waals surface area contributed by atoms with E-state index in [0.717, 1.165) is 22.6 Å². The lowest BCUT2D eigenvalue weighted by molar-refractivity contribution is -0.231. The predicted octanol–water partition coefficient (Wildman–Crippen LogP) is 4.59. The molecule has 0 amide bonds. The summed E-state index contributed by atoms with van der Waals surface area (Å²) in [7, 11) is 0. The maximum Gasteiger partial charge on any atom is 0.217 e. The topological polar surface area (TPSA) is 97.2 Å². The summed E-state index contributed by atoms with van der Waals surface area (Å²) in [5.74, 6) is 1.05. The maximum absolute atomic E-state index is 13.5. The second-order valence-electron chi connectivity index (χ2n) is 8.97. The van der Waals surface area contributed by atoms with E-state index in [9.17, 15) is 4.39 Å². The molecule has 1 saturated heterocycles. The van der Waals surface area contributed by atoms with Crippen LogP contribution in [0.3, 0.4) is 0 Å². The monoisotopic (exact) mass is 507 g/mol. The fraction of sp³-hybridized carbons (Fsp3) is 0.269. The molecule has 4 heterocycles. The molecule has 3 N–H and O–H groups in total. The second kappa shape index (κ2) is 10.6. The molecule has 1 fully saturated rings. The molecule has 5 rings (SSSR count). The Bertz CT molecular complexity index is 1290. The van der Waals surface area contributed by atoms with Gasteiger partial charge in [-0.3, -0.25) is 4.98 Å². The lowest BCUT2D eigenvalue weighted by Gasteiger charge is -2.37. The van der Waals surface area contributed by atoms with E-state index in [4.69, 9.17) is 31.1 Å². The summed E-state index contributed by atoms with van der Waals surface area (Å²) >= 11 is 5.37. The van der Waals surface area contributed by atoms with Crippen molar-refractivity contribution in [1.29, 1.82) is 0 Å². The maximum atomic E-state index is 13.5. The van der Waals surface area contributed by atoms with Crippen molar-refractivity contribution in [2.75, 3.05) is 19.8 Å². The quantitative estimate of drug-likeness (QED) is 0.313. The minimum Gasteiger partial charge on any atom is -0.467 e. The fourth-order valence-electron chi connectivity index (χ4n) is 3.89. The molecule has 3 aromatic heterocycles. The average molecular weight is 508 g/mol. The van der Waals surface area contributed by atoms with Crippen molar-refractivity contribution >= 4 is 17.3 Å². The van der Waals surface area contributed by atoms with Gasteiger partial charge in [-0.2, -0.15) is 0 Å². The molecule has 0 atom stereocenters. The summed E-state index contributed by atoms with van der Waals surface area (Å²) in [5, 5.41) is 6.89. The summed E-state index contributed by atoms with van der Waals surface area (Å²) in [6.07, 6.45) is 4.40. The molecule has 8 nitrogen and oxygen atoms in total. The van der Waals surface area contributed by atoms with E-state index in [0.29, 0.717) is 42.9 Å². The Morgan fingerprint density at radius 3 is 2.53 bits per heavy atom. The van der Waals surface area contributed by atoms with Crippen LogP contribution in [0.25, 0.3) is 22.5 Å². The zero-order valence-corrected chi connectivity index (χ0v) is 20.5. The van der Waals surface area contributed by atoms with Gasteiger partial charge in [0.1, 0.15) is 11.6 Å². The van der Waals surface area contributed by atoms with E-state index < -0.39 is 6.29 Å². The Labute approximate surface area is 213 Å². The number of rotatable bonds is 7. The Balaban J connectivity index is 1.24. The predicted molar refractivity (Wildman–Crippen MR) is 136 cm³/mol. The fourth-order valence-corrected chi connectivity index (χ4v) is 4.03.